The van der Waals surface area contributed by atoms with Crippen LogP contribution in [0.25, 0.3) is 0 Å². The molecule has 1 aliphatic rings. The first-order valence-corrected chi connectivity index (χ1v) is 8.09. The Morgan fingerprint density at radius 1 is 1.16 bits per heavy atom. The first-order valence-electron chi connectivity index (χ1n) is 8.09. The average molecular weight is 337 g/mol. The molecule has 3 rings (SSSR count). The summed E-state index contributed by atoms with van der Waals surface area (Å²) in [6, 6.07) is 14.1. The first-order chi connectivity index (χ1) is 12.0. The molecule has 0 saturated carbocycles. The monoisotopic (exact) mass is 337 g/mol. The van der Waals surface area contributed by atoms with Crippen LogP contribution in [-0.2, 0) is 4.79 Å². The number of aromatic carboxylic acids is 1. The van der Waals surface area contributed by atoms with Crippen LogP contribution in [0.2, 0.25) is 0 Å². The van der Waals surface area contributed by atoms with Crippen LogP contribution in [0.3, 0.4) is 0 Å². The summed E-state index contributed by atoms with van der Waals surface area (Å²) in [5, 5.41) is 13.2. The number of rotatable bonds is 5. The highest BCUT2D eigenvalue weighted by Gasteiger charge is 2.21. The van der Waals surface area contributed by atoms with Crippen LogP contribution < -0.4 is 10.3 Å². The molecule has 1 aliphatic heterocycles. The molecule has 0 unspecified atom stereocenters. The lowest BCUT2D eigenvalue weighted by Gasteiger charge is -2.16. The maximum atomic E-state index is 11.9. The van der Waals surface area contributed by atoms with Crippen LogP contribution >= 0.6 is 0 Å². The zero-order chi connectivity index (χ0) is 17.8. The zero-order valence-electron chi connectivity index (χ0n) is 13.9. The number of hydrogen-bond acceptors (Lipinski definition) is 4. The third-order valence-electron chi connectivity index (χ3n) is 4.13. The van der Waals surface area contributed by atoms with Crippen molar-refractivity contribution in [1.82, 2.24) is 0 Å². The van der Waals surface area contributed by atoms with Gasteiger partial charge in [0.1, 0.15) is 0 Å². The molecule has 1 amide bonds. The van der Waals surface area contributed by atoms with Crippen molar-refractivity contribution in [3.05, 3.63) is 59.7 Å². The van der Waals surface area contributed by atoms with Gasteiger partial charge in [-0.3, -0.25) is 10.2 Å². The van der Waals surface area contributed by atoms with Gasteiger partial charge in [-0.2, -0.15) is 5.10 Å². The van der Waals surface area contributed by atoms with Crippen LogP contribution in [0, 0.1) is 0 Å². The zero-order valence-corrected chi connectivity index (χ0v) is 13.9. The normalized spacial score (nSPS) is 14.7. The van der Waals surface area contributed by atoms with Gasteiger partial charge in [-0.1, -0.05) is 12.1 Å². The standard InChI is InChI=1S/C19H19N3O3/c1-13(20-21-16-9-7-14(8-10-16)19(24)25)15-4-2-5-17(12-15)22-11-3-6-18(22)23/h2,4-5,7-10,12,21H,3,6,11H2,1H3,(H,24,25)/b20-13+. The molecule has 0 spiro atoms. The molecule has 2 aromatic rings. The lowest BCUT2D eigenvalue weighted by molar-refractivity contribution is -0.117. The highest BCUT2D eigenvalue weighted by atomic mass is 16.4. The van der Waals surface area contributed by atoms with Crippen LogP contribution in [0.15, 0.2) is 53.6 Å². The number of benzene rings is 2. The van der Waals surface area contributed by atoms with Crippen LogP contribution in [0.1, 0.15) is 35.7 Å². The Morgan fingerprint density at radius 2 is 1.92 bits per heavy atom. The van der Waals surface area contributed by atoms with Crippen molar-refractivity contribution < 1.29 is 14.7 Å². The number of nitrogens with zero attached hydrogens (tertiary/aromatic N) is 2. The Morgan fingerprint density at radius 3 is 2.56 bits per heavy atom. The molecule has 1 saturated heterocycles. The van der Waals surface area contributed by atoms with E-state index in [1.165, 1.54) is 12.1 Å². The van der Waals surface area contributed by atoms with E-state index in [2.05, 4.69) is 10.5 Å². The molecule has 6 nitrogen and oxygen atoms in total. The van der Waals surface area contributed by atoms with Crippen LogP contribution in [-0.4, -0.2) is 29.2 Å². The van der Waals surface area contributed by atoms with Gasteiger partial charge >= 0.3 is 5.97 Å². The summed E-state index contributed by atoms with van der Waals surface area (Å²) >= 11 is 0. The van der Waals surface area contributed by atoms with Gasteiger partial charge in [0.25, 0.3) is 0 Å². The molecular formula is C19H19N3O3. The van der Waals surface area contributed by atoms with E-state index in [-0.39, 0.29) is 11.5 Å². The number of amides is 1. The van der Waals surface area contributed by atoms with E-state index in [9.17, 15) is 9.59 Å². The SMILES string of the molecule is C/C(=N\Nc1ccc(C(=O)O)cc1)c1cccc(N2CCCC2=O)c1. The third kappa shape index (κ3) is 3.85. The third-order valence-corrected chi connectivity index (χ3v) is 4.13. The Balaban J connectivity index is 1.73. The minimum absolute atomic E-state index is 0.156. The van der Waals surface area contributed by atoms with E-state index in [4.69, 9.17) is 5.11 Å². The molecule has 0 bridgehead atoms. The van der Waals surface area contributed by atoms with Gasteiger partial charge in [0, 0.05) is 18.7 Å². The van der Waals surface area contributed by atoms with Crippen molar-refractivity contribution in [3.8, 4) is 0 Å². The number of anilines is 2. The van der Waals surface area contributed by atoms with Crippen molar-refractivity contribution in [2.45, 2.75) is 19.8 Å². The molecule has 2 N–H and O–H groups in total. The van der Waals surface area contributed by atoms with Gasteiger partial charge in [0.15, 0.2) is 0 Å². The summed E-state index contributed by atoms with van der Waals surface area (Å²) in [5.41, 5.74) is 6.44. The fraction of sp³-hybridized carbons (Fsp3) is 0.211. The van der Waals surface area contributed by atoms with Gasteiger partial charge in [-0.05, 0) is 55.3 Å². The quantitative estimate of drug-likeness (QED) is 0.647. The second kappa shape index (κ2) is 7.17. The molecule has 0 radical (unpaired) electrons. The second-order valence-electron chi connectivity index (χ2n) is 5.89. The number of carboxylic acids is 1. The van der Waals surface area contributed by atoms with E-state index in [0.717, 1.165) is 29.9 Å². The molecular weight excluding hydrogens is 318 g/mol. The van der Waals surface area contributed by atoms with E-state index in [1.807, 2.05) is 31.2 Å². The number of hydrogen-bond donors (Lipinski definition) is 2. The summed E-state index contributed by atoms with van der Waals surface area (Å²) in [4.78, 5) is 24.5. The summed E-state index contributed by atoms with van der Waals surface area (Å²) in [6.45, 7) is 2.64. The Hall–Kier alpha value is -3.15. The van der Waals surface area contributed by atoms with Crippen molar-refractivity contribution in [1.29, 1.82) is 0 Å². The molecule has 0 aliphatic carbocycles. The Bertz CT molecular complexity index is 828. The lowest BCUT2D eigenvalue weighted by Crippen LogP contribution is -2.23. The van der Waals surface area contributed by atoms with Crippen molar-refractivity contribution >= 4 is 29.0 Å². The number of carbonyl (C=O) groups is 2. The molecule has 25 heavy (non-hydrogen) atoms. The fourth-order valence-electron chi connectivity index (χ4n) is 2.72. The number of carbonyl (C=O) groups excluding carboxylic acids is 1. The summed E-state index contributed by atoms with van der Waals surface area (Å²) < 4.78 is 0. The van der Waals surface area contributed by atoms with Crippen molar-refractivity contribution in [2.24, 2.45) is 5.10 Å². The van der Waals surface area contributed by atoms with Gasteiger partial charge in [-0.15, -0.1) is 0 Å². The summed E-state index contributed by atoms with van der Waals surface area (Å²) in [6.07, 6.45) is 1.50. The summed E-state index contributed by atoms with van der Waals surface area (Å²) in [7, 11) is 0. The van der Waals surface area contributed by atoms with Crippen molar-refractivity contribution in [2.75, 3.05) is 16.9 Å². The molecule has 1 heterocycles. The van der Waals surface area contributed by atoms with Gasteiger partial charge < -0.3 is 10.0 Å². The molecule has 0 atom stereocenters. The van der Waals surface area contributed by atoms with E-state index >= 15 is 0 Å². The number of carboxylic acid groups (broad SMARTS) is 1. The van der Waals surface area contributed by atoms with E-state index in [1.54, 1.807) is 17.0 Å². The molecule has 1 fully saturated rings. The second-order valence-corrected chi connectivity index (χ2v) is 5.89. The minimum Gasteiger partial charge on any atom is -0.478 e. The van der Waals surface area contributed by atoms with E-state index in [0.29, 0.717) is 12.1 Å². The van der Waals surface area contributed by atoms with Gasteiger partial charge in [0.2, 0.25) is 5.91 Å². The molecule has 128 valence electrons. The molecule has 0 aromatic heterocycles. The maximum absolute atomic E-state index is 11.9. The first kappa shape index (κ1) is 16.7. The predicted octanol–water partition coefficient (Wildman–Crippen LogP) is 3.35. The van der Waals surface area contributed by atoms with Crippen molar-refractivity contribution in [3.63, 3.8) is 0 Å². The molecule has 6 heteroatoms. The van der Waals surface area contributed by atoms with Crippen LogP contribution in [0.4, 0.5) is 11.4 Å². The Labute approximate surface area is 145 Å². The van der Waals surface area contributed by atoms with Crippen LogP contribution in [0.5, 0.6) is 0 Å². The van der Waals surface area contributed by atoms with Gasteiger partial charge in [0.05, 0.1) is 17.0 Å². The summed E-state index contributed by atoms with van der Waals surface area (Å²) in [5.74, 6) is -0.803. The van der Waals surface area contributed by atoms with Gasteiger partial charge in [-0.25, -0.2) is 4.79 Å². The highest BCUT2D eigenvalue weighted by Crippen LogP contribution is 2.22. The number of nitrogens with one attached hydrogen (secondary N) is 1. The fourth-order valence-corrected chi connectivity index (χ4v) is 2.72. The predicted molar refractivity (Wildman–Crippen MR) is 97.3 cm³/mol. The topological polar surface area (TPSA) is 82.0 Å². The lowest BCUT2D eigenvalue weighted by atomic mass is 10.1. The largest absolute Gasteiger partial charge is 0.478 e. The van der Waals surface area contributed by atoms with E-state index < -0.39 is 5.97 Å². The minimum atomic E-state index is -0.959. The number of hydrazone groups is 1. The highest BCUT2D eigenvalue weighted by molar-refractivity contribution is 6.01. The maximum Gasteiger partial charge on any atom is 0.335 e. The Kier molecular flexibility index (Phi) is 4.79. The smallest absolute Gasteiger partial charge is 0.335 e. The average Bonchev–Trinajstić information content (AvgIpc) is 3.06. The molecule has 2 aromatic carbocycles.